The molecule has 0 aromatic heterocycles. The third-order valence-electron chi connectivity index (χ3n) is 1.32. The first-order valence-corrected chi connectivity index (χ1v) is 5.39. The van der Waals surface area contributed by atoms with Crippen LogP contribution in [0.3, 0.4) is 0 Å². The Morgan fingerprint density at radius 1 is 1.00 bits per heavy atom. The van der Waals surface area contributed by atoms with Gasteiger partial charge in [-0.3, -0.25) is 0 Å². The normalized spacial score (nSPS) is 9.33. The van der Waals surface area contributed by atoms with Gasteiger partial charge in [0.15, 0.2) is 0 Å². The Balaban J connectivity index is 3.18. The van der Waals surface area contributed by atoms with Gasteiger partial charge in [0.1, 0.15) is 11.5 Å². The molecule has 0 saturated heterocycles. The summed E-state index contributed by atoms with van der Waals surface area (Å²) in [4.78, 5) is 0. The lowest BCUT2D eigenvalue weighted by atomic mass is 10.4. The van der Waals surface area contributed by atoms with Crippen LogP contribution in [-0.2, 0) is 11.2 Å². The minimum Gasteiger partial charge on any atom is -0.616 e. The smallest absolute Gasteiger partial charge is 0.106 e. The summed E-state index contributed by atoms with van der Waals surface area (Å²) in [7, 11) is 0. The molecule has 4 heteroatoms. The van der Waals surface area contributed by atoms with E-state index in [0.717, 1.165) is 0 Å². The van der Waals surface area contributed by atoms with Gasteiger partial charge in [0, 0.05) is 25.7 Å². The molecule has 0 spiro atoms. The van der Waals surface area contributed by atoms with Gasteiger partial charge in [0.25, 0.3) is 0 Å². The van der Waals surface area contributed by atoms with Gasteiger partial charge in [-0.2, -0.15) is 10.5 Å². The molecule has 0 N–H and O–H groups in total. The highest BCUT2D eigenvalue weighted by atomic mass is 32.2. The van der Waals surface area contributed by atoms with Crippen LogP contribution in [0.5, 0.6) is 0 Å². The van der Waals surface area contributed by atoms with Crippen LogP contribution in [0.1, 0.15) is 25.7 Å². The highest BCUT2D eigenvalue weighted by molar-refractivity contribution is 7.91. The second-order valence-electron chi connectivity index (χ2n) is 2.37. The topological polar surface area (TPSA) is 70.6 Å². The molecule has 0 aliphatic heterocycles. The molecule has 0 atom stereocenters. The molecule has 3 nitrogen and oxygen atoms in total. The van der Waals surface area contributed by atoms with Crippen molar-refractivity contribution in [2.45, 2.75) is 25.7 Å². The van der Waals surface area contributed by atoms with E-state index in [-0.39, 0.29) is 0 Å². The minimum atomic E-state index is -0.825. The number of hydrogen-bond donors (Lipinski definition) is 0. The second kappa shape index (κ2) is 8.39. The van der Waals surface area contributed by atoms with Crippen molar-refractivity contribution in [3.05, 3.63) is 0 Å². The molecule has 0 rings (SSSR count). The lowest BCUT2D eigenvalue weighted by molar-refractivity contribution is 0.590. The molecule has 0 radical (unpaired) electrons. The van der Waals surface area contributed by atoms with Gasteiger partial charge < -0.3 is 4.55 Å². The maximum atomic E-state index is 11.1. The largest absolute Gasteiger partial charge is 0.616 e. The number of rotatable bonds is 6. The molecule has 0 bridgehead atoms. The maximum absolute atomic E-state index is 11.1. The third kappa shape index (κ3) is 7.40. The average molecular weight is 184 g/mol. The van der Waals surface area contributed by atoms with Gasteiger partial charge >= 0.3 is 0 Å². The second-order valence-corrected chi connectivity index (χ2v) is 4.07. The zero-order valence-electron chi connectivity index (χ0n) is 6.95. The van der Waals surface area contributed by atoms with Crippen LogP contribution in [-0.4, -0.2) is 16.1 Å². The van der Waals surface area contributed by atoms with E-state index >= 15 is 0 Å². The fraction of sp³-hybridized carbons (Fsp3) is 0.750. The molecule has 0 amide bonds. The molecule has 0 fully saturated rings. The van der Waals surface area contributed by atoms with Crippen LogP contribution >= 0.6 is 0 Å². The summed E-state index contributed by atoms with van der Waals surface area (Å²) in [5.41, 5.74) is 0. The molecule has 0 heterocycles. The molecular formula is C8H12N2OS. The van der Waals surface area contributed by atoms with E-state index in [2.05, 4.69) is 0 Å². The third-order valence-corrected chi connectivity index (χ3v) is 2.81. The standard InChI is InChI=1S/C8H12N2OS/c9-5-1-3-7-12(11)8-4-2-6-10/h1-4,7-8H2. The van der Waals surface area contributed by atoms with Gasteiger partial charge in [-0.15, -0.1) is 0 Å². The van der Waals surface area contributed by atoms with Crippen LogP contribution in [0.25, 0.3) is 0 Å². The number of nitrogens with zero attached hydrogens (tertiary/aromatic N) is 2. The molecule has 0 unspecified atom stereocenters. The quantitative estimate of drug-likeness (QED) is 0.462. The Bertz CT molecular complexity index is 162. The molecule has 0 aliphatic rings. The Kier molecular flexibility index (Phi) is 7.89. The number of nitriles is 2. The highest BCUT2D eigenvalue weighted by Crippen LogP contribution is 2.00. The van der Waals surface area contributed by atoms with Crippen molar-refractivity contribution in [2.24, 2.45) is 0 Å². The van der Waals surface area contributed by atoms with Gasteiger partial charge in [-0.25, -0.2) is 0 Å². The van der Waals surface area contributed by atoms with E-state index < -0.39 is 11.2 Å². The Labute approximate surface area is 76.2 Å². The van der Waals surface area contributed by atoms with E-state index in [1.54, 1.807) is 0 Å². The van der Waals surface area contributed by atoms with E-state index in [4.69, 9.17) is 10.5 Å². The average Bonchev–Trinajstić information content (AvgIpc) is 2.06. The summed E-state index contributed by atoms with van der Waals surface area (Å²) < 4.78 is 11.1. The first-order chi connectivity index (χ1) is 5.81. The molecule has 0 aromatic rings. The predicted molar refractivity (Wildman–Crippen MR) is 47.6 cm³/mol. The molecule has 66 valence electrons. The van der Waals surface area contributed by atoms with Crippen molar-refractivity contribution in [1.29, 1.82) is 10.5 Å². The molecule has 12 heavy (non-hydrogen) atoms. The van der Waals surface area contributed by atoms with Gasteiger partial charge in [-0.1, -0.05) is 11.2 Å². The van der Waals surface area contributed by atoms with Crippen molar-refractivity contribution < 1.29 is 4.55 Å². The SMILES string of the molecule is N#CCCC[S+]([O-])CCCC#N. The van der Waals surface area contributed by atoms with Crippen molar-refractivity contribution in [2.75, 3.05) is 11.5 Å². The van der Waals surface area contributed by atoms with Gasteiger partial charge in [0.05, 0.1) is 12.1 Å². The zero-order valence-corrected chi connectivity index (χ0v) is 7.77. The van der Waals surface area contributed by atoms with Crippen molar-refractivity contribution >= 4 is 11.2 Å². The fourth-order valence-corrected chi connectivity index (χ4v) is 1.86. The van der Waals surface area contributed by atoms with Crippen LogP contribution < -0.4 is 0 Å². The summed E-state index contributed by atoms with van der Waals surface area (Å²) in [6, 6.07) is 4.01. The minimum absolute atomic E-state index is 0.476. The summed E-state index contributed by atoms with van der Waals surface area (Å²) in [6.07, 6.45) is 2.36. The van der Waals surface area contributed by atoms with E-state index in [1.165, 1.54) is 0 Å². The Morgan fingerprint density at radius 2 is 1.42 bits per heavy atom. The summed E-state index contributed by atoms with van der Waals surface area (Å²) in [6.45, 7) is 0. The first kappa shape index (κ1) is 11.3. The van der Waals surface area contributed by atoms with Gasteiger partial charge in [-0.05, 0) is 0 Å². The van der Waals surface area contributed by atoms with E-state index in [9.17, 15) is 4.55 Å². The van der Waals surface area contributed by atoms with Crippen LogP contribution in [0.4, 0.5) is 0 Å². The lowest BCUT2D eigenvalue weighted by Gasteiger charge is -2.07. The summed E-state index contributed by atoms with van der Waals surface area (Å²) in [5, 5.41) is 16.4. The van der Waals surface area contributed by atoms with Gasteiger partial charge in [0.2, 0.25) is 0 Å². The van der Waals surface area contributed by atoms with E-state index in [1.807, 2.05) is 12.1 Å². The predicted octanol–water partition coefficient (Wildman–Crippen LogP) is 1.34. The maximum Gasteiger partial charge on any atom is 0.106 e. The van der Waals surface area contributed by atoms with Crippen LogP contribution in [0.2, 0.25) is 0 Å². The summed E-state index contributed by atoms with van der Waals surface area (Å²) >= 11 is -0.825. The van der Waals surface area contributed by atoms with Crippen molar-refractivity contribution in [3.63, 3.8) is 0 Å². The number of hydrogen-bond acceptors (Lipinski definition) is 3. The Morgan fingerprint density at radius 3 is 1.75 bits per heavy atom. The fourth-order valence-electron chi connectivity index (χ4n) is 0.726. The monoisotopic (exact) mass is 184 g/mol. The Hall–Kier alpha value is -0.710. The van der Waals surface area contributed by atoms with Crippen molar-refractivity contribution in [3.8, 4) is 12.1 Å². The molecular weight excluding hydrogens is 172 g/mol. The van der Waals surface area contributed by atoms with Crippen molar-refractivity contribution in [1.82, 2.24) is 0 Å². The number of unbranched alkanes of at least 4 members (excludes halogenated alkanes) is 2. The first-order valence-electron chi connectivity index (χ1n) is 3.90. The molecule has 0 aliphatic carbocycles. The molecule has 0 saturated carbocycles. The van der Waals surface area contributed by atoms with Crippen LogP contribution in [0, 0.1) is 22.7 Å². The lowest BCUT2D eigenvalue weighted by Crippen LogP contribution is -2.10. The van der Waals surface area contributed by atoms with E-state index in [0.29, 0.717) is 37.2 Å². The zero-order chi connectivity index (χ0) is 9.23. The highest BCUT2D eigenvalue weighted by Gasteiger charge is 2.04. The van der Waals surface area contributed by atoms with Crippen LogP contribution in [0.15, 0.2) is 0 Å². The summed E-state index contributed by atoms with van der Waals surface area (Å²) in [5.74, 6) is 1.19. The molecule has 0 aromatic carbocycles.